The fourth-order valence-corrected chi connectivity index (χ4v) is 6.19. The van der Waals surface area contributed by atoms with Crippen molar-refractivity contribution in [2.24, 2.45) is 0 Å². The smallest absolute Gasteiger partial charge is 0.410 e. The summed E-state index contributed by atoms with van der Waals surface area (Å²) in [4.78, 5) is 25.8. The molecule has 0 bridgehead atoms. The molecule has 31 heavy (non-hydrogen) atoms. The van der Waals surface area contributed by atoms with Crippen LogP contribution in [0, 0.1) is 0 Å². The molecule has 2 aliphatic rings. The molecule has 7 heteroatoms. The molecule has 2 heterocycles. The Kier molecular flexibility index (Phi) is 6.42. The highest BCUT2D eigenvalue weighted by Crippen LogP contribution is 2.47. The van der Waals surface area contributed by atoms with E-state index < -0.39 is 5.60 Å². The number of rotatable bonds is 5. The molecule has 0 radical (unpaired) electrons. The van der Waals surface area contributed by atoms with Crippen LogP contribution in [0.3, 0.4) is 0 Å². The van der Waals surface area contributed by atoms with E-state index in [0.717, 1.165) is 48.2 Å². The van der Waals surface area contributed by atoms with E-state index in [1.807, 2.05) is 39.2 Å². The monoisotopic (exact) mass is 445 g/mol. The molecule has 1 fully saturated rings. The lowest BCUT2D eigenvalue weighted by atomic mass is 9.92. The molecule has 1 amide bonds. The van der Waals surface area contributed by atoms with Crippen molar-refractivity contribution in [3.63, 3.8) is 0 Å². The van der Waals surface area contributed by atoms with Crippen molar-refractivity contribution in [3.8, 4) is 5.88 Å². The molecule has 4 rings (SSSR count). The van der Waals surface area contributed by atoms with Gasteiger partial charge in [-0.1, -0.05) is 13.3 Å². The minimum atomic E-state index is -0.472. The Morgan fingerprint density at radius 2 is 1.94 bits per heavy atom. The first-order valence-electron chi connectivity index (χ1n) is 11.7. The number of fused-ring (bicyclic) bond motifs is 3. The Morgan fingerprint density at radius 1 is 1.19 bits per heavy atom. The fraction of sp³-hybridized carbons (Fsp3) is 0.708. The standard InChI is InChI=1S/C24H35N3O3S/c1-6-7-15-8-13-18-19(15)20-21(25-14-26-22(20)31-18)29-17-11-9-16(10-12-17)27(5)23(28)30-24(2,3)4/h14-17H,6-13H2,1-5H3/t15-,16?,17?/m1/s1. The maximum atomic E-state index is 12.4. The predicted octanol–water partition coefficient (Wildman–Crippen LogP) is 6.08. The molecule has 0 aliphatic heterocycles. The number of hydrogen-bond acceptors (Lipinski definition) is 6. The molecule has 2 aromatic rings. The maximum absolute atomic E-state index is 12.4. The van der Waals surface area contributed by atoms with Gasteiger partial charge in [-0.25, -0.2) is 14.8 Å². The molecule has 0 spiro atoms. The van der Waals surface area contributed by atoms with Crippen molar-refractivity contribution in [1.29, 1.82) is 0 Å². The number of nitrogens with zero attached hydrogens (tertiary/aromatic N) is 3. The summed E-state index contributed by atoms with van der Waals surface area (Å²) in [7, 11) is 1.84. The number of amides is 1. The Bertz CT molecular complexity index is 928. The van der Waals surface area contributed by atoms with Crippen molar-refractivity contribution in [2.75, 3.05) is 7.05 Å². The third-order valence-corrected chi connectivity index (χ3v) is 7.66. The average molecular weight is 446 g/mol. The fourth-order valence-electron chi connectivity index (χ4n) is 4.96. The number of carbonyl (C=O) groups excluding carboxylic acids is 1. The minimum Gasteiger partial charge on any atom is -0.474 e. The molecule has 2 aromatic heterocycles. The van der Waals surface area contributed by atoms with E-state index in [2.05, 4.69) is 16.9 Å². The molecule has 0 aromatic carbocycles. The summed E-state index contributed by atoms with van der Waals surface area (Å²) >= 11 is 1.81. The van der Waals surface area contributed by atoms with Crippen LogP contribution in [-0.2, 0) is 11.2 Å². The normalized spacial score (nSPS) is 23.6. The van der Waals surface area contributed by atoms with Gasteiger partial charge in [-0.2, -0.15) is 0 Å². The van der Waals surface area contributed by atoms with E-state index in [9.17, 15) is 4.79 Å². The average Bonchev–Trinajstić information content (AvgIpc) is 3.27. The second-order valence-corrected chi connectivity index (χ2v) is 11.0. The van der Waals surface area contributed by atoms with E-state index in [-0.39, 0.29) is 18.2 Å². The topological polar surface area (TPSA) is 64.6 Å². The van der Waals surface area contributed by atoms with Gasteiger partial charge in [0.05, 0.1) is 5.39 Å². The van der Waals surface area contributed by atoms with Gasteiger partial charge in [0, 0.05) is 18.0 Å². The molecule has 1 saturated carbocycles. The van der Waals surface area contributed by atoms with Crippen molar-refractivity contribution < 1.29 is 14.3 Å². The molecule has 1 atom stereocenters. The van der Waals surface area contributed by atoms with Crippen LogP contribution < -0.4 is 4.74 Å². The number of carbonyl (C=O) groups is 1. The first kappa shape index (κ1) is 22.3. The van der Waals surface area contributed by atoms with E-state index in [1.54, 1.807) is 11.2 Å². The third-order valence-electron chi connectivity index (χ3n) is 6.48. The van der Waals surface area contributed by atoms with Gasteiger partial charge >= 0.3 is 6.09 Å². The van der Waals surface area contributed by atoms with Gasteiger partial charge in [0.1, 0.15) is 22.9 Å². The second kappa shape index (κ2) is 8.93. The second-order valence-electron chi connectivity index (χ2n) is 9.96. The number of thiophene rings is 1. The van der Waals surface area contributed by atoms with Crippen LogP contribution in [0.5, 0.6) is 5.88 Å². The maximum Gasteiger partial charge on any atom is 0.410 e. The highest BCUT2D eigenvalue weighted by atomic mass is 32.1. The Balaban J connectivity index is 1.43. The summed E-state index contributed by atoms with van der Waals surface area (Å²) in [5, 5.41) is 1.16. The van der Waals surface area contributed by atoms with Crippen molar-refractivity contribution >= 4 is 27.6 Å². The van der Waals surface area contributed by atoms with Gasteiger partial charge in [-0.3, -0.25) is 0 Å². The molecule has 0 saturated heterocycles. The summed E-state index contributed by atoms with van der Waals surface area (Å²) in [6, 6.07) is 0.194. The highest BCUT2D eigenvalue weighted by molar-refractivity contribution is 7.19. The Labute approximate surface area is 189 Å². The van der Waals surface area contributed by atoms with Gasteiger partial charge in [0.25, 0.3) is 0 Å². The lowest BCUT2D eigenvalue weighted by Crippen LogP contribution is -2.43. The number of hydrogen-bond donors (Lipinski definition) is 0. The SMILES string of the molecule is CCC[C@@H]1CCc2sc3ncnc(OC4CCC(N(C)C(=O)OC(C)(C)C)CC4)c3c21. The highest BCUT2D eigenvalue weighted by Gasteiger charge is 2.32. The van der Waals surface area contributed by atoms with E-state index >= 15 is 0 Å². The van der Waals surface area contributed by atoms with Crippen molar-refractivity contribution in [2.45, 2.75) is 103 Å². The van der Waals surface area contributed by atoms with Crippen LogP contribution in [0.15, 0.2) is 6.33 Å². The van der Waals surface area contributed by atoms with E-state index in [1.165, 1.54) is 29.7 Å². The summed E-state index contributed by atoms with van der Waals surface area (Å²) < 4.78 is 12.0. The van der Waals surface area contributed by atoms with Crippen LogP contribution in [-0.4, -0.2) is 45.8 Å². The quantitative estimate of drug-likeness (QED) is 0.558. The zero-order chi connectivity index (χ0) is 22.2. The summed E-state index contributed by atoms with van der Waals surface area (Å²) in [6.45, 7) is 7.96. The summed E-state index contributed by atoms with van der Waals surface area (Å²) in [6.07, 6.45) is 9.97. The van der Waals surface area contributed by atoms with Crippen LogP contribution in [0.2, 0.25) is 0 Å². The Hall–Kier alpha value is -1.89. The van der Waals surface area contributed by atoms with Gasteiger partial charge in [0.2, 0.25) is 5.88 Å². The molecular formula is C24H35N3O3S. The zero-order valence-corrected chi connectivity index (χ0v) is 20.3. The third kappa shape index (κ3) is 4.81. The van der Waals surface area contributed by atoms with E-state index in [4.69, 9.17) is 9.47 Å². The van der Waals surface area contributed by atoms with Gasteiger partial charge < -0.3 is 14.4 Å². The molecule has 2 aliphatic carbocycles. The molecular weight excluding hydrogens is 410 g/mol. The van der Waals surface area contributed by atoms with Crippen LogP contribution >= 0.6 is 11.3 Å². The van der Waals surface area contributed by atoms with Crippen LogP contribution in [0.1, 0.15) is 89.0 Å². The van der Waals surface area contributed by atoms with Crippen LogP contribution in [0.25, 0.3) is 10.2 Å². The predicted molar refractivity (Wildman–Crippen MR) is 124 cm³/mol. The van der Waals surface area contributed by atoms with Gasteiger partial charge in [0.15, 0.2) is 0 Å². The van der Waals surface area contributed by atoms with Crippen LogP contribution in [0.4, 0.5) is 4.79 Å². The number of aryl methyl sites for hydroxylation is 1. The Morgan fingerprint density at radius 3 is 2.61 bits per heavy atom. The molecule has 170 valence electrons. The number of aromatic nitrogens is 2. The summed E-state index contributed by atoms with van der Waals surface area (Å²) in [5.74, 6) is 1.37. The van der Waals surface area contributed by atoms with Crippen molar-refractivity contribution in [1.82, 2.24) is 14.9 Å². The lowest BCUT2D eigenvalue weighted by Gasteiger charge is -2.35. The van der Waals surface area contributed by atoms with Crippen molar-refractivity contribution in [3.05, 3.63) is 16.8 Å². The number of ether oxygens (including phenoxy) is 2. The van der Waals surface area contributed by atoms with E-state index in [0.29, 0.717) is 5.92 Å². The summed E-state index contributed by atoms with van der Waals surface area (Å²) in [5.41, 5.74) is 0.983. The molecule has 0 N–H and O–H groups in total. The largest absolute Gasteiger partial charge is 0.474 e. The first-order chi connectivity index (χ1) is 14.8. The minimum absolute atomic E-state index is 0.128. The first-order valence-corrected chi connectivity index (χ1v) is 12.5. The van der Waals surface area contributed by atoms with Gasteiger partial charge in [-0.15, -0.1) is 11.3 Å². The lowest BCUT2D eigenvalue weighted by molar-refractivity contribution is 0.0138. The molecule has 6 nitrogen and oxygen atoms in total. The van der Waals surface area contributed by atoms with Gasteiger partial charge in [-0.05, 0) is 77.2 Å². The molecule has 0 unspecified atom stereocenters. The zero-order valence-electron chi connectivity index (χ0n) is 19.4.